The third kappa shape index (κ3) is 3.53. The molecular weight excluding hydrogens is 243 g/mol. The lowest BCUT2D eigenvalue weighted by Gasteiger charge is -2.24. The molecule has 0 aromatic heterocycles. The molecule has 1 aromatic rings. The Morgan fingerprint density at radius 1 is 1.42 bits per heavy atom. The number of rotatable bonds is 5. The number of benzene rings is 1. The summed E-state index contributed by atoms with van der Waals surface area (Å²) in [4.78, 5) is 14.2. The van der Waals surface area contributed by atoms with Crippen LogP contribution in [0.25, 0.3) is 0 Å². The van der Waals surface area contributed by atoms with Crippen LogP contribution in [0.1, 0.15) is 31.2 Å². The summed E-state index contributed by atoms with van der Waals surface area (Å²) in [5, 5.41) is 0. The second kappa shape index (κ2) is 6.66. The van der Waals surface area contributed by atoms with Gasteiger partial charge in [-0.05, 0) is 43.9 Å². The minimum atomic E-state index is -0.298. The highest BCUT2D eigenvalue weighted by Gasteiger charge is 2.28. The summed E-state index contributed by atoms with van der Waals surface area (Å²) in [5.74, 6) is -0.266. The van der Waals surface area contributed by atoms with Gasteiger partial charge in [-0.1, -0.05) is 18.2 Å². The number of carbonyl (C=O) groups excluding carboxylic acids is 1. The zero-order chi connectivity index (χ0) is 13.7. The highest BCUT2D eigenvalue weighted by molar-refractivity contribution is 5.79. The average Bonchev–Trinajstić information content (AvgIpc) is 2.87. The number of nitrogens with zero attached hydrogens (tertiary/aromatic N) is 1. The standard InChI is InChI=1S/C15H21FN2O/c16-14-8-2-1-5-12(14)11-15(19)18-10-4-7-13(18)6-3-9-17/h1-2,5,8,13H,3-4,6-7,9-11,17H2. The van der Waals surface area contributed by atoms with Crippen molar-refractivity contribution in [1.29, 1.82) is 0 Å². The van der Waals surface area contributed by atoms with E-state index in [2.05, 4.69) is 0 Å². The molecule has 1 amide bonds. The summed E-state index contributed by atoms with van der Waals surface area (Å²) in [6.07, 6.45) is 4.14. The molecule has 1 unspecified atom stereocenters. The van der Waals surface area contributed by atoms with E-state index in [0.29, 0.717) is 18.2 Å². The van der Waals surface area contributed by atoms with E-state index in [1.54, 1.807) is 18.2 Å². The van der Waals surface area contributed by atoms with Gasteiger partial charge in [-0.3, -0.25) is 4.79 Å². The van der Waals surface area contributed by atoms with Crippen molar-refractivity contribution in [2.75, 3.05) is 13.1 Å². The van der Waals surface area contributed by atoms with Gasteiger partial charge in [0.15, 0.2) is 0 Å². The quantitative estimate of drug-likeness (QED) is 0.885. The zero-order valence-corrected chi connectivity index (χ0v) is 11.1. The summed E-state index contributed by atoms with van der Waals surface area (Å²) in [7, 11) is 0. The Morgan fingerprint density at radius 2 is 2.21 bits per heavy atom. The Morgan fingerprint density at radius 3 is 2.95 bits per heavy atom. The molecule has 1 aromatic carbocycles. The third-order valence-electron chi connectivity index (χ3n) is 3.74. The molecule has 1 aliphatic rings. The fourth-order valence-corrected chi connectivity index (χ4v) is 2.72. The maximum atomic E-state index is 13.5. The molecule has 104 valence electrons. The van der Waals surface area contributed by atoms with Crippen molar-refractivity contribution < 1.29 is 9.18 Å². The van der Waals surface area contributed by atoms with Crippen molar-refractivity contribution in [1.82, 2.24) is 4.90 Å². The summed E-state index contributed by atoms with van der Waals surface area (Å²) in [6.45, 7) is 1.45. The molecule has 4 heteroatoms. The van der Waals surface area contributed by atoms with Crippen molar-refractivity contribution in [3.8, 4) is 0 Å². The van der Waals surface area contributed by atoms with Crippen molar-refractivity contribution in [2.45, 2.75) is 38.1 Å². The summed E-state index contributed by atoms with van der Waals surface area (Å²) < 4.78 is 13.5. The largest absolute Gasteiger partial charge is 0.339 e. The van der Waals surface area contributed by atoms with Crippen molar-refractivity contribution in [3.05, 3.63) is 35.6 Å². The fourth-order valence-electron chi connectivity index (χ4n) is 2.72. The topological polar surface area (TPSA) is 46.3 Å². The molecule has 1 saturated heterocycles. The van der Waals surface area contributed by atoms with Crippen LogP contribution in [-0.2, 0) is 11.2 Å². The molecule has 0 spiro atoms. The molecule has 1 heterocycles. The lowest BCUT2D eigenvalue weighted by atomic mass is 10.1. The molecule has 3 nitrogen and oxygen atoms in total. The summed E-state index contributed by atoms with van der Waals surface area (Å²) >= 11 is 0. The molecule has 0 radical (unpaired) electrons. The average molecular weight is 264 g/mol. The second-order valence-electron chi connectivity index (χ2n) is 5.08. The van der Waals surface area contributed by atoms with Gasteiger partial charge in [0.2, 0.25) is 5.91 Å². The number of amides is 1. The zero-order valence-electron chi connectivity index (χ0n) is 11.1. The highest BCUT2D eigenvalue weighted by Crippen LogP contribution is 2.22. The first-order valence-electron chi connectivity index (χ1n) is 6.95. The second-order valence-corrected chi connectivity index (χ2v) is 5.08. The first-order valence-corrected chi connectivity index (χ1v) is 6.95. The molecule has 1 aliphatic heterocycles. The first kappa shape index (κ1) is 14.0. The van der Waals surface area contributed by atoms with E-state index in [4.69, 9.17) is 5.73 Å². The Balaban J connectivity index is 1.97. The number of halogens is 1. The van der Waals surface area contributed by atoms with Gasteiger partial charge in [0, 0.05) is 12.6 Å². The monoisotopic (exact) mass is 264 g/mol. The van der Waals surface area contributed by atoms with Crippen LogP contribution in [0.2, 0.25) is 0 Å². The molecule has 0 saturated carbocycles. The van der Waals surface area contributed by atoms with Crippen LogP contribution in [0.5, 0.6) is 0 Å². The van der Waals surface area contributed by atoms with Crippen LogP contribution in [0.15, 0.2) is 24.3 Å². The van der Waals surface area contributed by atoms with E-state index in [-0.39, 0.29) is 18.1 Å². The van der Waals surface area contributed by atoms with Gasteiger partial charge in [-0.2, -0.15) is 0 Å². The lowest BCUT2D eigenvalue weighted by molar-refractivity contribution is -0.131. The molecule has 1 atom stereocenters. The van der Waals surface area contributed by atoms with Crippen LogP contribution in [0.3, 0.4) is 0 Å². The Bertz CT molecular complexity index is 436. The maximum absolute atomic E-state index is 13.5. The molecule has 1 fully saturated rings. The number of nitrogens with two attached hydrogens (primary N) is 1. The highest BCUT2D eigenvalue weighted by atomic mass is 19.1. The molecular formula is C15H21FN2O. The van der Waals surface area contributed by atoms with Gasteiger partial charge in [0.05, 0.1) is 6.42 Å². The van der Waals surface area contributed by atoms with Gasteiger partial charge in [-0.25, -0.2) is 4.39 Å². The van der Waals surface area contributed by atoms with Crippen molar-refractivity contribution in [2.24, 2.45) is 5.73 Å². The normalized spacial score (nSPS) is 18.8. The van der Waals surface area contributed by atoms with E-state index < -0.39 is 0 Å². The number of likely N-dealkylation sites (tertiary alicyclic amines) is 1. The number of hydrogen-bond acceptors (Lipinski definition) is 2. The van der Waals surface area contributed by atoms with E-state index in [1.165, 1.54) is 6.07 Å². The van der Waals surface area contributed by atoms with Crippen molar-refractivity contribution >= 4 is 5.91 Å². The molecule has 19 heavy (non-hydrogen) atoms. The van der Waals surface area contributed by atoms with Crippen LogP contribution in [0.4, 0.5) is 4.39 Å². The smallest absolute Gasteiger partial charge is 0.227 e. The molecule has 2 rings (SSSR count). The van der Waals surface area contributed by atoms with Gasteiger partial charge in [0.25, 0.3) is 0 Å². The van der Waals surface area contributed by atoms with E-state index in [9.17, 15) is 9.18 Å². The lowest BCUT2D eigenvalue weighted by Crippen LogP contribution is -2.37. The van der Waals surface area contributed by atoms with Crippen LogP contribution < -0.4 is 5.73 Å². The van der Waals surface area contributed by atoms with Crippen LogP contribution in [-0.4, -0.2) is 29.9 Å². The third-order valence-corrected chi connectivity index (χ3v) is 3.74. The molecule has 0 bridgehead atoms. The van der Waals surface area contributed by atoms with Gasteiger partial charge in [0.1, 0.15) is 5.82 Å². The number of carbonyl (C=O) groups is 1. The van der Waals surface area contributed by atoms with E-state index in [1.807, 2.05) is 4.90 Å². The predicted molar refractivity (Wildman–Crippen MR) is 73.1 cm³/mol. The molecule has 2 N–H and O–H groups in total. The summed E-state index contributed by atoms with van der Waals surface area (Å²) in [5.41, 5.74) is 6.00. The van der Waals surface area contributed by atoms with E-state index >= 15 is 0 Å². The SMILES string of the molecule is NCCCC1CCCN1C(=O)Cc1ccccc1F. The van der Waals surface area contributed by atoms with Crippen LogP contribution >= 0.6 is 0 Å². The van der Waals surface area contributed by atoms with Crippen LogP contribution in [0, 0.1) is 5.82 Å². The minimum Gasteiger partial charge on any atom is -0.339 e. The Hall–Kier alpha value is -1.42. The van der Waals surface area contributed by atoms with Gasteiger partial charge >= 0.3 is 0 Å². The maximum Gasteiger partial charge on any atom is 0.227 e. The van der Waals surface area contributed by atoms with Gasteiger partial charge < -0.3 is 10.6 Å². The molecule has 0 aliphatic carbocycles. The minimum absolute atomic E-state index is 0.0321. The van der Waals surface area contributed by atoms with E-state index in [0.717, 1.165) is 32.2 Å². The summed E-state index contributed by atoms with van der Waals surface area (Å²) in [6, 6.07) is 6.78. The fraction of sp³-hybridized carbons (Fsp3) is 0.533. The predicted octanol–water partition coefficient (Wildman–Crippen LogP) is 2.10. The van der Waals surface area contributed by atoms with Gasteiger partial charge in [-0.15, -0.1) is 0 Å². The first-order chi connectivity index (χ1) is 9.22. The Kier molecular flexibility index (Phi) is 4.91. The number of hydrogen-bond donors (Lipinski definition) is 1. The Labute approximate surface area is 113 Å². The van der Waals surface area contributed by atoms with Crippen molar-refractivity contribution in [3.63, 3.8) is 0 Å².